The van der Waals surface area contributed by atoms with Crippen LogP contribution in [-0.4, -0.2) is 76.2 Å². The molecule has 2 aliphatic rings. The van der Waals surface area contributed by atoms with Crippen LogP contribution in [0.4, 0.5) is 14.9 Å². The Morgan fingerprint density at radius 2 is 1.88 bits per heavy atom. The second-order valence-corrected chi connectivity index (χ2v) is 12.9. The highest BCUT2D eigenvalue weighted by molar-refractivity contribution is 7.89. The smallest absolute Gasteiger partial charge is 0.322 e. The molecule has 2 amide bonds. The first-order chi connectivity index (χ1) is 20.1. The number of hydrogen-bond acceptors (Lipinski definition) is 6. The maximum absolute atomic E-state index is 13.8. The Morgan fingerprint density at radius 3 is 2.50 bits per heavy atom. The molecular formula is C29H33FN6O5S. The summed E-state index contributed by atoms with van der Waals surface area (Å²) in [6.07, 6.45) is 3.86. The number of carbonyl (C=O) groups is 1. The van der Waals surface area contributed by atoms with Crippen LogP contribution in [0.15, 0.2) is 60.0 Å². The maximum atomic E-state index is 13.8. The van der Waals surface area contributed by atoms with Crippen molar-refractivity contribution in [2.24, 2.45) is 14.1 Å². The molecule has 2 aliphatic heterocycles. The second-order valence-electron chi connectivity index (χ2n) is 11.0. The van der Waals surface area contributed by atoms with Crippen LogP contribution in [0.2, 0.25) is 0 Å². The highest BCUT2D eigenvalue weighted by Gasteiger charge is 2.50. The number of piperidine rings is 1. The van der Waals surface area contributed by atoms with Crippen LogP contribution < -0.4 is 10.1 Å². The molecule has 2 aromatic heterocycles. The van der Waals surface area contributed by atoms with Crippen molar-refractivity contribution in [3.8, 4) is 5.75 Å². The number of aliphatic hydroxyl groups is 1. The lowest BCUT2D eigenvalue weighted by Gasteiger charge is -2.50. The van der Waals surface area contributed by atoms with Gasteiger partial charge in [-0.3, -0.25) is 0 Å². The third kappa shape index (κ3) is 4.52. The number of halogens is 1. The van der Waals surface area contributed by atoms with E-state index in [4.69, 9.17) is 4.74 Å². The Hall–Kier alpha value is -3.94. The molecule has 13 heteroatoms. The third-order valence-electron chi connectivity index (χ3n) is 8.64. The normalized spacial score (nSPS) is 18.8. The van der Waals surface area contributed by atoms with Crippen LogP contribution >= 0.6 is 0 Å². The van der Waals surface area contributed by atoms with Gasteiger partial charge in [-0.2, -0.15) is 4.31 Å². The number of nitrogens with zero attached hydrogens (tertiary/aromatic N) is 5. The number of aromatic nitrogens is 3. The van der Waals surface area contributed by atoms with E-state index < -0.39 is 33.3 Å². The van der Waals surface area contributed by atoms with Crippen LogP contribution in [0.25, 0.3) is 10.9 Å². The summed E-state index contributed by atoms with van der Waals surface area (Å²) >= 11 is 0. The van der Waals surface area contributed by atoms with E-state index in [1.54, 1.807) is 23.6 Å². The van der Waals surface area contributed by atoms with E-state index in [0.29, 0.717) is 24.3 Å². The summed E-state index contributed by atoms with van der Waals surface area (Å²) in [6.45, 7) is 0.423. The predicted octanol–water partition coefficient (Wildman–Crippen LogP) is 3.36. The van der Waals surface area contributed by atoms with Gasteiger partial charge in [-0.05, 0) is 54.8 Å². The van der Waals surface area contributed by atoms with Crippen molar-refractivity contribution in [2.75, 3.05) is 38.7 Å². The quantitative estimate of drug-likeness (QED) is 0.365. The molecule has 0 saturated carbocycles. The van der Waals surface area contributed by atoms with E-state index in [2.05, 4.69) is 10.3 Å². The lowest BCUT2D eigenvalue weighted by atomic mass is 9.68. The molecule has 2 N–H and O–H groups in total. The summed E-state index contributed by atoms with van der Waals surface area (Å²) in [4.78, 5) is 19.4. The summed E-state index contributed by atoms with van der Waals surface area (Å²) in [5.74, 6) is 0.262. The minimum Gasteiger partial charge on any atom is -0.497 e. The zero-order chi connectivity index (χ0) is 29.8. The van der Waals surface area contributed by atoms with Gasteiger partial charge in [0.25, 0.3) is 10.0 Å². The largest absolute Gasteiger partial charge is 0.497 e. The van der Waals surface area contributed by atoms with Crippen molar-refractivity contribution in [3.05, 3.63) is 72.1 Å². The lowest BCUT2D eigenvalue weighted by Crippen LogP contribution is -2.56. The molecule has 1 fully saturated rings. The van der Waals surface area contributed by atoms with Gasteiger partial charge in [0.05, 0.1) is 31.6 Å². The molecule has 11 nitrogen and oxygen atoms in total. The Balaban J connectivity index is 1.42. The van der Waals surface area contributed by atoms with Gasteiger partial charge in [0.2, 0.25) is 0 Å². The highest BCUT2D eigenvalue weighted by atomic mass is 32.2. The molecule has 6 rings (SSSR count). The van der Waals surface area contributed by atoms with Crippen molar-refractivity contribution in [3.63, 3.8) is 0 Å². The first kappa shape index (κ1) is 28.2. The molecular weight excluding hydrogens is 563 g/mol. The number of benzene rings is 2. The number of aliphatic hydroxyl groups excluding tert-OH is 1. The third-order valence-corrected chi connectivity index (χ3v) is 10.4. The fourth-order valence-electron chi connectivity index (χ4n) is 6.52. The first-order valence-corrected chi connectivity index (χ1v) is 15.1. The Kier molecular flexibility index (Phi) is 6.98. The molecule has 0 bridgehead atoms. The van der Waals surface area contributed by atoms with E-state index in [0.717, 1.165) is 22.2 Å². The Labute approximate surface area is 243 Å². The van der Waals surface area contributed by atoms with Crippen LogP contribution in [0.3, 0.4) is 0 Å². The van der Waals surface area contributed by atoms with Crippen molar-refractivity contribution >= 4 is 32.6 Å². The van der Waals surface area contributed by atoms with Crippen molar-refractivity contribution in [1.29, 1.82) is 0 Å². The van der Waals surface area contributed by atoms with Gasteiger partial charge in [-0.1, -0.05) is 0 Å². The monoisotopic (exact) mass is 596 g/mol. The van der Waals surface area contributed by atoms with Crippen LogP contribution in [0.5, 0.6) is 5.75 Å². The number of urea groups is 1. The number of imidazole rings is 1. The number of nitrogens with one attached hydrogen (secondary N) is 1. The lowest BCUT2D eigenvalue weighted by molar-refractivity contribution is 0.0841. The summed E-state index contributed by atoms with van der Waals surface area (Å²) in [6, 6.07) is 10.2. The zero-order valence-corrected chi connectivity index (χ0v) is 24.4. The average molecular weight is 597 g/mol. The molecule has 2 aromatic carbocycles. The number of ether oxygens (including phenoxy) is 1. The molecule has 4 heterocycles. The van der Waals surface area contributed by atoms with Gasteiger partial charge in [0.1, 0.15) is 11.6 Å². The van der Waals surface area contributed by atoms with Gasteiger partial charge < -0.3 is 29.2 Å². The minimum atomic E-state index is -3.79. The number of fused-ring (bicyclic) bond motifs is 4. The second kappa shape index (κ2) is 10.4. The topological polar surface area (TPSA) is 122 Å². The molecule has 0 aliphatic carbocycles. The molecule has 42 heavy (non-hydrogen) atoms. The van der Waals surface area contributed by atoms with Gasteiger partial charge >= 0.3 is 6.03 Å². The number of carbonyl (C=O) groups excluding carboxylic acids is 1. The van der Waals surface area contributed by atoms with E-state index in [-0.39, 0.29) is 31.3 Å². The van der Waals surface area contributed by atoms with Crippen molar-refractivity contribution < 1.29 is 27.4 Å². The first-order valence-electron chi connectivity index (χ1n) is 13.7. The number of amides is 2. The predicted molar refractivity (Wildman–Crippen MR) is 154 cm³/mol. The summed E-state index contributed by atoms with van der Waals surface area (Å²) in [5, 5.41) is 14.5. The van der Waals surface area contributed by atoms with Gasteiger partial charge in [0.15, 0.2) is 5.03 Å². The standard InChI is InChI=1S/C29H33FN6O5S/c1-33-15-25(31-18-33)42(39,40)35-12-10-29(11-13-35)17-36(28(38)32-20-6-4-19(30)5-7-20)24(16-37)27-26(29)22-9-8-21(41-3)14-23(22)34(27)2/h4-9,14-15,18,24,37H,10-13,16-17H2,1-3H3,(H,32,38)/t24-/m1/s1. The van der Waals surface area contributed by atoms with Crippen molar-refractivity contribution in [2.45, 2.75) is 29.3 Å². The van der Waals surface area contributed by atoms with E-state index >= 15 is 0 Å². The number of rotatable bonds is 5. The summed E-state index contributed by atoms with van der Waals surface area (Å²) in [5.41, 5.74) is 2.54. The number of hydrogen-bond donors (Lipinski definition) is 2. The van der Waals surface area contributed by atoms with Crippen molar-refractivity contribution in [1.82, 2.24) is 23.3 Å². The fourth-order valence-corrected chi connectivity index (χ4v) is 7.92. The summed E-state index contributed by atoms with van der Waals surface area (Å²) in [7, 11) is 1.43. The number of sulfonamides is 1. The Bertz CT molecular complexity index is 1760. The van der Waals surface area contributed by atoms with Gasteiger partial charge in [0, 0.05) is 68.2 Å². The molecule has 1 saturated heterocycles. The SMILES string of the molecule is COc1ccc2c3c(n(C)c2c1)[C@@H](CO)N(C(=O)Nc1ccc(F)cc1)CC31CCN(S(=O)(=O)c2cn(C)cn2)CC1. The minimum absolute atomic E-state index is 0.00295. The van der Waals surface area contributed by atoms with E-state index in [9.17, 15) is 22.7 Å². The number of aryl methyl sites for hydroxylation is 2. The summed E-state index contributed by atoms with van der Waals surface area (Å²) < 4.78 is 50.8. The zero-order valence-electron chi connectivity index (χ0n) is 23.6. The Morgan fingerprint density at radius 1 is 1.17 bits per heavy atom. The van der Waals surface area contributed by atoms with Gasteiger partial charge in [-0.25, -0.2) is 22.6 Å². The van der Waals surface area contributed by atoms with Crippen LogP contribution in [0.1, 0.15) is 30.1 Å². The highest BCUT2D eigenvalue weighted by Crippen LogP contribution is 2.50. The van der Waals surface area contributed by atoms with E-state index in [1.165, 1.54) is 41.1 Å². The number of methoxy groups -OCH3 is 1. The van der Waals surface area contributed by atoms with Crippen LogP contribution in [-0.2, 0) is 29.5 Å². The van der Waals surface area contributed by atoms with Gasteiger partial charge in [-0.15, -0.1) is 0 Å². The molecule has 222 valence electrons. The van der Waals surface area contributed by atoms with Crippen LogP contribution in [0, 0.1) is 5.82 Å². The average Bonchev–Trinajstić information content (AvgIpc) is 3.56. The molecule has 4 aromatic rings. The number of anilines is 1. The molecule has 0 unspecified atom stereocenters. The molecule has 1 atom stereocenters. The molecule has 0 radical (unpaired) electrons. The molecule has 1 spiro atoms. The fraction of sp³-hybridized carbons (Fsp3) is 0.379. The van der Waals surface area contributed by atoms with E-state index in [1.807, 2.05) is 29.8 Å². The maximum Gasteiger partial charge on any atom is 0.322 e.